The molecule has 0 aromatic heterocycles. The quantitative estimate of drug-likeness (QED) is 0.665. The Morgan fingerprint density at radius 1 is 1.09 bits per heavy atom. The van der Waals surface area contributed by atoms with Gasteiger partial charge in [-0.3, -0.25) is 9.59 Å². The van der Waals surface area contributed by atoms with E-state index in [1.165, 1.54) is 30.8 Å². The number of Topliss-reactive ketones (excluding diaryl/α,β-unsaturated/α-hetero) is 1. The van der Waals surface area contributed by atoms with Gasteiger partial charge in [-0.15, -0.1) is 11.8 Å². The Morgan fingerprint density at radius 2 is 1.73 bits per heavy atom. The van der Waals surface area contributed by atoms with Crippen LogP contribution in [0.25, 0.3) is 0 Å². The highest BCUT2D eigenvalue weighted by molar-refractivity contribution is 8.00. The Bertz CT molecular complexity index is 685. The molecule has 1 atom stereocenters. The van der Waals surface area contributed by atoms with Gasteiger partial charge < -0.3 is 5.32 Å². The lowest BCUT2D eigenvalue weighted by Crippen LogP contribution is -2.23. The summed E-state index contributed by atoms with van der Waals surface area (Å²) < 4.78 is 12.9. The molecule has 0 bridgehead atoms. The van der Waals surface area contributed by atoms with E-state index in [4.69, 9.17) is 0 Å². The summed E-state index contributed by atoms with van der Waals surface area (Å²) in [5, 5.41) is 2.40. The van der Waals surface area contributed by atoms with Gasteiger partial charge in [-0.25, -0.2) is 4.39 Å². The molecule has 0 aliphatic heterocycles. The lowest BCUT2D eigenvalue weighted by atomic mass is 10.1. The predicted octanol–water partition coefficient (Wildman–Crippen LogP) is 4.15. The van der Waals surface area contributed by atoms with Gasteiger partial charge in [0.1, 0.15) is 5.82 Å². The van der Waals surface area contributed by atoms with E-state index in [0.717, 1.165) is 4.90 Å². The molecule has 3 nitrogen and oxygen atoms in total. The van der Waals surface area contributed by atoms with Crippen LogP contribution in [0.5, 0.6) is 0 Å². The van der Waals surface area contributed by atoms with Crippen molar-refractivity contribution in [1.29, 1.82) is 0 Å². The van der Waals surface area contributed by atoms with Gasteiger partial charge in [0.25, 0.3) is 0 Å². The van der Waals surface area contributed by atoms with Gasteiger partial charge in [-0.1, -0.05) is 12.1 Å². The number of hydrogen-bond donors (Lipinski definition) is 1. The van der Waals surface area contributed by atoms with Crippen molar-refractivity contribution in [1.82, 2.24) is 0 Å². The molecule has 0 aliphatic rings. The second kappa shape index (κ2) is 7.22. The summed E-state index contributed by atoms with van der Waals surface area (Å²) in [5.41, 5.74) is 0.987. The van der Waals surface area contributed by atoms with E-state index >= 15 is 0 Å². The number of rotatable bonds is 5. The molecule has 2 rings (SSSR count). The van der Waals surface area contributed by atoms with E-state index in [0.29, 0.717) is 11.3 Å². The van der Waals surface area contributed by atoms with Crippen LogP contribution in [0.4, 0.5) is 10.1 Å². The standard InChI is InChI=1S/C17H16FNO2S/c1-11(20)15-5-3-4-6-16(15)19-17(21)12(2)22-14-9-7-13(18)8-10-14/h3-10,12H,1-2H3,(H,19,21)/t12-/m1/s1. The number of benzene rings is 2. The smallest absolute Gasteiger partial charge is 0.237 e. The Kier molecular flexibility index (Phi) is 5.33. The zero-order valence-corrected chi connectivity index (χ0v) is 13.1. The highest BCUT2D eigenvalue weighted by atomic mass is 32.2. The topological polar surface area (TPSA) is 46.2 Å². The van der Waals surface area contributed by atoms with E-state index < -0.39 is 0 Å². The normalized spacial score (nSPS) is 11.8. The van der Waals surface area contributed by atoms with Crippen LogP contribution < -0.4 is 5.32 Å². The summed E-state index contributed by atoms with van der Waals surface area (Å²) in [6, 6.07) is 12.9. The first-order valence-corrected chi connectivity index (χ1v) is 7.68. The molecule has 5 heteroatoms. The van der Waals surface area contributed by atoms with Crippen LogP contribution in [-0.2, 0) is 4.79 Å². The highest BCUT2D eigenvalue weighted by Crippen LogP contribution is 2.25. The highest BCUT2D eigenvalue weighted by Gasteiger charge is 2.16. The molecular weight excluding hydrogens is 301 g/mol. The van der Waals surface area contributed by atoms with E-state index in [-0.39, 0.29) is 22.8 Å². The van der Waals surface area contributed by atoms with Crippen LogP contribution >= 0.6 is 11.8 Å². The first kappa shape index (κ1) is 16.2. The maximum absolute atomic E-state index is 12.9. The number of hydrogen-bond acceptors (Lipinski definition) is 3. The van der Waals surface area contributed by atoms with Crippen LogP contribution in [0.2, 0.25) is 0 Å². The maximum Gasteiger partial charge on any atom is 0.237 e. The van der Waals surface area contributed by atoms with Gasteiger partial charge in [-0.05, 0) is 50.2 Å². The molecular formula is C17H16FNO2S. The predicted molar refractivity (Wildman–Crippen MR) is 86.8 cm³/mol. The lowest BCUT2D eigenvalue weighted by Gasteiger charge is -2.13. The molecule has 0 radical (unpaired) electrons. The minimum absolute atomic E-state index is 0.102. The van der Waals surface area contributed by atoms with Crippen LogP contribution in [-0.4, -0.2) is 16.9 Å². The molecule has 0 saturated heterocycles. The zero-order chi connectivity index (χ0) is 16.1. The SMILES string of the molecule is CC(=O)c1ccccc1NC(=O)[C@@H](C)Sc1ccc(F)cc1. The van der Waals surface area contributed by atoms with E-state index in [2.05, 4.69) is 5.32 Å². The monoisotopic (exact) mass is 317 g/mol. The van der Waals surface area contributed by atoms with Crippen LogP contribution in [0.15, 0.2) is 53.4 Å². The van der Waals surface area contributed by atoms with Gasteiger partial charge in [0, 0.05) is 10.5 Å². The summed E-state index contributed by atoms with van der Waals surface area (Å²) in [5.74, 6) is -0.616. The summed E-state index contributed by atoms with van der Waals surface area (Å²) in [6.07, 6.45) is 0. The van der Waals surface area contributed by atoms with Crippen molar-refractivity contribution in [3.05, 3.63) is 59.9 Å². The van der Waals surface area contributed by atoms with E-state index in [9.17, 15) is 14.0 Å². The number of anilines is 1. The van der Waals surface area contributed by atoms with Crippen molar-refractivity contribution in [2.75, 3.05) is 5.32 Å². The zero-order valence-electron chi connectivity index (χ0n) is 12.3. The van der Waals surface area contributed by atoms with Crippen molar-refractivity contribution in [3.8, 4) is 0 Å². The Morgan fingerprint density at radius 3 is 2.36 bits per heavy atom. The Labute approximate surface area is 132 Å². The summed E-state index contributed by atoms with van der Waals surface area (Å²) in [6.45, 7) is 3.22. The van der Waals surface area contributed by atoms with Crippen LogP contribution in [0.1, 0.15) is 24.2 Å². The molecule has 2 aromatic rings. The Balaban J connectivity index is 2.05. The molecule has 22 heavy (non-hydrogen) atoms. The summed E-state index contributed by atoms with van der Waals surface area (Å²) >= 11 is 1.33. The molecule has 114 valence electrons. The second-order valence-electron chi connectivity index (χ2n) is 4.81. The molecule has 0 unspecified atom stereocenters. The fourth-order valence-corrected chi connectivity index (χ4v) is 2.77. The first-order valence-electron chi connectivity index (χ1n) is 6.80. The summed E-state index contributed by atoms with van der Waals surface area (Å²) in [4.78, 5) is 24.6. The van der Waals surface area contributed by atoms with Crippen molar-refractivity contribution >= 4 is 29.1 Å². The fourth-order valence-electron chi connectivity index (χ4n) is 1.90. The largest absolute Gasteiger partial charge is 0.324 e. The number of nitrogens with one attached hydrogen (secondary N) is 1. The molecule has 0 heterocycles. The number of amides is 1. The minimum atomic E-state index is -0.370. The lowest BCUT2D eigenvalue weighted by molar-refractivity contribution is -0.115. The number of para-hydroxylation sites is 1. The maximum atomic E-state index is 12.9. The van der Waals surface area contributed by atoms with E-state index in [1.807, 2.05) is 0 Å². The minimum Gasteiger partial charge on any atom is -0.324 e. The molecule has 0 spiro atoms. The molecule has 1 amide bonds. The molecule has 2 aromatic carbocycles. The van der Waals surface area contributed by atoms with Gasteiger partial charge in [0.15, 0.2) is 5.78 Å². The van der Waals surface area contributed by atoms with Gasteiger partial charge in [0.05, 0.1) is 10.9 Å². The van der Waals surface area contributed by atoms with E-state index in [1.54, 1.807) is 43.3 Å². The third kappa shape index (κ3) is 4.18. The molecule has 0 saturated carbocycles. The van der Waals surface area contributed by atoms with Crippen molar-refractivity contribution in [2.45, 2.75) is 24.0 Å². The average molecular weight is 317 g/mol. The molecule has 0 fully saturated rings. The van der Waals surface area contributed by atoms with Crippen LogP contribution in [0.3, 0.4) is 0 Å². The number of carbonyl (C=O) groups is 2. The number of ketones is 1. The summed E-state index contributed by atoms with van der Waals surface area (Å²) in [7, 11) is 0. The number of thioether (sulfide) groups is 1. The third-order valence-corrected chi connectivity index (χ3v) is 4.17. The Hall–Kier alpha value is -2.14. The average Bonchev–Trinajstić information content (AvgIpc) is 2.49. The van der Waals surface area contributed by atoms with Crippen LogP contribution in [0, 0.1) is 5.82 Å². The van der Waals surface area contributed by atoms with Crippen molar-refractivity contribution in [2.24, 2.45) is 0 Å². The fraction of sp³-hybridized carbons (Fsp3) is 0.176. The van der Waals surface area contributed by atoms with Gasteiger partial charge in [-0.2, -0.15) is 0 Å². The third-order valence-electron chi connectivity index (χ3n) is 3.06. The van der Waals surface area contributed by atoms with Crippen molar-refractivity contribution < 1.29 is 14.0 Å². The van der Waals surface area contributed by atoms with Crippen molar-refractivity contribution in [3.63, 3.8) is 0 Å². The van der Waals surface area contributed by atoms with Gasteiger partial charge >= 0.3 is 0 Å². The second-order valence-corrected chi connectivity index (χ2v) is 6.22. The van der Waals surface area contributed by atoms with Gasteiger partial charge in [0.2, 0.25) is 5.91 Å². The molecule has 0 aliphatic carbocycles. The first-order chi connectivity index (χ1) is 10.5. The number of halogens is 1. The number of carbonyl (C=O) groups excluding carboxylic acids is 2. The molecule has 1 N–H and O–H groups in total.